The van der Waals surface area contributed by atoms with E-state index in [1.807, 2.05) is 0 Å². The quantitative estimate of drug-likeness (QED) is 0.602. The molecule has 2 rings (SSSR count). The number of aliphatic carboxylic acids is 1. The summed E-state index contributed by atoms with van der Waals surface area (Å²) in [5.41, 5.74) is 5.53. The van der Waals surface area contributed by atoms with Crippen molar-refractivity contribution in [2.24, 2.45) is 5.73 Å². The molecule has 1 aromatic rings. The Hall–Kier alpha value is -2.53. The van der Waals surface area contributed by atoms with E-state index in [1.165, 1.54) is 19.3 Å². The van der Waals surface area contributed by atoms with Gasteiger partial charge in [0, 0.05) is 0 Å². The van der Waals surface area contributed by atoms with Crippen molar-refractivity contribution in [2.75, 3.05) is 20.3 Å². The second-order valence-electron chi connectivity index (χ2n) is 4.95. The monoisotopic (exact) mass is 444 g/mol. The maximum absolute atomic E-state index is 12.2. The Labute approximate surface area is 160 Å². The zero-order chi connectivity index (χ0) is 19.4. The predicted molar refractivity (Wildman–Crippen MR) is 95.7 cm³/mol. The van der Waals surface area contributed by atoms with Gasteiger partial charge >= 0.3 is 5.97 Å². The van der Waals surface area contributed by atoms with Crippen molar-refractivity contribution in [3.8, 4) is 11.5 Å². The minimum absolute atomic E-state index is 0.115. The van der Waals surface area contributed by atoms with E-state index in [2.05, 4.69) is 15.9 Å². The van der Waals surface area contributed by atoms with E-state index in [0.717, 1.165) is 4.90 Å². The summed E-state index contributed by atoms with van der Waals surface area (Å²) in [7, 11) is 1.37. The van der Waals surface area contributed by atoms with Gasteiger partial charge in [-0.3, -0.25) is 19.3 Å². The fourth-order valence-electron chi connectivity index (χ4n) is 2.04. The van der Waals surface area contributed by atoms with Crippen molar-refractivity contribution < 1.29 is 33.8 Å². The predicted octanol–water partition coefficient (Wildman–Crippen LogP) is 1.44. The molecule has 26 heavy (non-hydrogen) atoms. The summed E-state index contributed by atoms with van der Waals surface area (Å²) in [4.78, 5) is 46.5. The summed E-state index contributed by atoms with van der Waals surface area (Å²) in [6.07, 6.45) is 1.44. The molecule has 0 unspecified atom stereocenters. The molecule has 9 nitrogen and oxygen atoms in total. The summed E-state index contributed by atoms with van der Waals surface area (Å²) in [5, 5.41) is 8.12. The number of primary amides is 1. The lowest BCUT2D eigenvalue weighted by Crippen LogP contribution is -2.36. The number of ether oxygens (including phenoxy) is 2. The molecule has 0 aromatic heterocycles. The lowest BCUT2D eigenvalue weighted by atomic mass is 10.2. The number of carbonyl (C=O) groups is 4. The number of hydrogen-bond donors (Lipinski definition) is 2. The van der Waals surface area contributed by atoms with Crippen LogP contribution in [0.4, 0.5) is 4.79 Å². The van der Waals surface area contributed by atoms with Crippen molar-refractivity contribution in [2.45, 2.75) is 0 Å². The molecule has 1 heterocycles. The average molecular weight is 445 g/mol. The fraction of sp³-hybridized carbons (Fsp3) is 0.200. The maximum atomic E-state index is 12.2. The van der Waals surface area contributed by atoms with E-state index in [-0.39, 0.29) is 16.4 Å². The molecule has 1 aliphatic heterocycles. The molecule has 1 aliphatic rings. The molecular weight excluding hydrogens is 432 g/mol. The van der Waals surface area contributed by atoms with E-state index in [4.69, 9.17) is 20.3 Å². The van der Waals surface area contributed by atoms with Crippen LogP contribution >= 0.6 is 27.7 Å². The van der Waals surface area contributed by atoms with Crippen LogP contribution in [0.5, 0.6) is 11.5 Å². The van der Waals surface area contributed by atoms with E-state index < -0.39 is 36.2 Å². The van der Waals surface area contributed by atoms with Gasteiger partial charge in [0.15, 0.2) is 18.1 Å². The van der Waals surface area contributed by atoms with Crippen LogP contribution in [0.25, 0.3) is 6.08 Å². The number of methoxy groups -OCH3 is 1. The van der Waals surface area contributed by atoms with Gasteiger partial charge < -0.3 is 20.3 Å². The van der Waals surface area contributed by atoms with Gasteiger partial charge in [0.1, 0.15) is 6.54 Å². The van der Waals surface area contributed by atoms with Gasteiger partial charge in [-0.25, -0.2) is 4.79 Å². The minimum atomic E-state index is -1.15. The third kappa shape index (κ3) is 4.55. The molecule has 3 N–H and O–H groups in total. The molecule has 0 aliphatic carbocycles. The highest BCUT2D eigenvalue weighted by molar-refractivity contribution is 9.10. The van der Waals surface area contributed by atoms with Gasteiger partial charge in [-0.15, -0.1) is 0 Å². The molecule has 138 valence electrons. The number of imide groups is 1. The van der Waals surface area contributed by atoms with Gasteiger partial charge in [0.05, 0.1) is 16.5 Å². The standard InChI is InChI=1S/C15H13BrN2O7S/c1-24-9-3-7(2-8(16)13(9)25-6-12(20)21)4-10-14(22)18(5-11(17)19)15(23)26-10/h2-4H,5-6H2,1H3,(H2,17,19)(H,20,21)/b10-4-. The highest BCUT2D eigenvalue weighted by Crippen LogP contribution is 2.39. The van der Waals surface area contributed by atoms with Crippen LogP contribution < -0.4 is 15.2 Å². The summed E-state index contributed by atoms with van der Waals surface area (Å²) in [5.74, 6) is -2.14. The smallest absolute Gasteiger partial charge is 0.341 e. The number of carbonyl (C=O) groups excluding carboxylic acids is 3. The number of carboxylic acids is 1. The van der Waals surface area contributed by atoms with E-state index in [1.54, 1.807) is 6.07 Å². The number of nitrogens with two attached hydrogens (primary N) is 1. The summed E-state index contributed by atoms with van der Waals surface area (Å²) < 4.78 is 10.7. The summed E-state index contributed by atoms with van der Waals surface area (Å²) in [6.45, 7) is -1.04. The van der Waals surface area contributed by atoms with Gasteiger partial charge in [0.25, 0.3) is 11.1 Å². The van der Waals surface area contributed by atoms with Crippen LogP contribution in [0.3, 0.4) is 0 Å². The third-order valence-electron chi connectivity index (χ3n) is 3.08. The Morgan fingerprint density at radius 2 is 2.08 bits per heavy atom. The number of nitrogens with zero attached hydrogens (tertiary/aromatic N) is 1. The minimum Gasteiger partial charge on any atom is -0.493 e. The lowest BCUT2D eigenvalue weighted by molar-refractivity contribution is -0.139. The Bertz CT molecular complexity index is 824. The van der Waals surface area contributed by atoms with Gasteiger partial charge in [-0.2, -0.15) is 0 Å². The largest absolute Gasteiger partial charge is 0.493 e. The average Bonchev–Trinajstić information content (AvgIpc) is 2.80. The van der Waals surface area contributed by atoms with Crippen LogP contribution in [-0.2, 0) is 14.4 Å². The molecular formula is C15H13BrN2O7S. The number of thioether (sulfide) groups is 1. The maximum Gasteiger partial charge on any atom is 0.341 e. The molecule has 1 saturated heterocycles. The molecule has 0 spiro atoms. The summed E-state index contributed by atoms with van der Waals surface area (Å²) >= 11 is 3.93. The van der Waals surface area contributed by atoms with Crippen LogP contribution in [0.1, 0.15) is 5.56 Å². The van der Waals surface area contributed by atoms with Crippen molar-refractivity contribution in [3.05, 3.63) is 27.1 Å². The molecule has 3 amide bonds. The van der Waals surface area contributed by atoms with Gasteiger partial charge in [-0.05, 0) is 51.5 Å². The van der Waals surface area contributed by atoms with Gasteiger partial charge in [0.2, 0.25) is 5.91 Å². The van der Waals surface area contributed by atoms with Crippen molar-refractivity contribution in [3.63, 3.8) is 0 Å². The zero-order valence-corrected chi connectivity index (χ0v) is 15.8. The highest BCUT2D eigenvalue weighted by atomic mass is 79.9. The molecule has 0 saturated carbocycles. The first kappa shape index (κ1) is 19.8. The number of carboxylic acid groups (broad SMARTS) is 1. The number of hydrogen-bond acceptors (Lipinski definition) is 7. The Morgan fingerprint density at radius 1 is 1.38 bits per heavy atom. The molecule has 1 fully saturated rings. The van der Waals surface area contributed by atoms with E-state index in [0.29, 0.717) is 21.8 Å². The van der Waals surface area contributed by atoms with Crippen LogP contribution in [-0.4, -0.2) is 53.3 Å². The third-order valence-corrected chi connectivity index (χ3v) is 4.57. The van der Waals surface area contributed by atoms with Crippen molar-refractivity contribution >= 4 is 56.8 Å². The SMILES string of the molecule is COc1cc(/C=C2\SC(=O)N(CC(N)=O)C2=O)cc(Br)c1OCC(=O)O. The van der Waals surface area contributed by atoms with E-state index in [9.17, 15) is 19.2 Å². The molecule has 1 aromatic carbocycles. The normalized spacial score (nSPS) is 15.5. The van der Waals surface area contributed by atoms with Gasteiger partial charge in [-0.1, -0.05) is 0 Å². The second kappa shape index (κ2) is 8.23. The molecule has 11 heteroatoms. The van der Waals surface area contributed by atoms with Crippen molar-refractivity contribution in [1.29, 1.82) is 0 Å². The Kier molecular flexibility index (Phi) is 6.27. The molecule has 0 radical (unpaired) electrons. The Balaban J connectivity index is 2.32. The first-order chi connectivity index (χ1) is 12.2. The summed E-state index contributed by atoms with van der Waals surface area (Å²) in [6, 6.07) is 3.09. The second-order valence-corrected chi connectivity index (χ2v) is 6.80. The highest BCUT2D eigenvalue weighted by Gasteiger charge is 2.35. The number of benzene rings is 1. The van der Waals surface area contributed by atoms with Crippen LogP contribution in [0.2, 0.25) is 0 Å². The first-order valence-electron chi connectivity index (χ1n) is 6.98. The number of rotatable bonds is 7. The van der Waals surface area contributed by atoms with Crippen molar-refractivity contribution in [1.82, 2.24) is 4.90 Å². The number of halogens is 1. The fourth-order valence-corrected chi connectivity index (χ4v) is 3.45. The molecule has 0 atom stereocenters. The van der Waals surface area contributed by atoms with Crippen LogP contribution in [0, 0.1) is 0 Å². The lowest BCUT2D eigenvalue weighted by Gasteiger charge is -2.12. The topological polar surface area (TPSA) is 136 Å². The first-order valence-corrected chi connectivity index (χ1v) is 8.59. The zero-order valence-electron chi connectivity index (χ0n) is 13.4. The Morgan fingerprint density at radius 3 is 2.65 bits per heavy atom. The number of amides is 3. The van der Waals surface area contributed by atoms with E-state index >= 15 is 0 Å². The molecule has 0 bridgehead atoms. The van der Waals surface area contributed by atoms with Crippen LogP contribution in [0.15, 0.2) is 21.5 Å².